The van der Waals surface area contributed by atoms with Gasteiger partial charge in [0.05, 0.1) is 0 Å². The van der Waals surface area contributed by atoms with Crippen LogP contribution in [-0.4, -0.2) is 20.5 Å². The smallest absolute Gasteiger partial charge is 0.191 e. The van der Waals surface area contributed by atoms with Gasteiger partial charge in [-0.3, -0.25) is 0 Å². The molecule has 0 aromatic carbocycles. The lowest BCUT2D eigenvalue weighted by Crippen LogP contribution is -2.17. The molecule has 0 amide bonds. The van der Waals surface area contributed by atoms with E-state index in [1.54, 1.807) is 0 Å². The highest BCUT2D eigenvalue weighted by Crippen LogP contribution is 2.33. The van der Waals surface area contributed by atoms with Crippen LogP contribution in [0.4, 0.5) is 0 Å². The van der Waals surface area contributed by atoms with Gasteiger partial charge in [0.25, 0.3) is 0 Å². The van der Waals surface area contributed by atoms with E-state index < -0.39 is 0 Å². The highest BCUT2D eigenvalue weighted by atomic mass is 32.2. The summed E-state index contributed by atoms with van der Waals surface area (Å²) in [5, 5.41) is 12.3. The molecule has 0 spiro atoms. The topological polar surface area (TPSA) is 30.7 Å². The Bertz CT molecular complexity index is 569. The normalized spacial score (nSPS) is 16.5. The van der Waals surface area contributed by atoms with Crippen LogP contribution in [0.2, 0.25) is 0 Å². The van der Waals surface area contributed by atoms with Crippen LogP contribution >= 0.6 is 23.1 Å². The Balaban J connectivity index is 1.84. The predicted molar refractivity (Wildman–Crippen MR) is 94.8 cm³/mol. The van der Waals surface area contributed by atoms with Gasteiger partial charge in [0.2, 0.25) is 0 Å². The molecule has 1 fully saturated rings. The van der Waals surface area contributed by atoms with Crippen molar-refractivity contribution in [2.45, 2.75) is 63.6 Å². The fourth-order valence-electron chi connectivity index (χ4n) is 3.04. The summed E-state index contributed by atoms with van der Waals surface area (Å²) in [6.45, 7) is 4.53. The second-order valence-electron chi connectivity index (χ2n) is 6.52. The average molecular weight is 336 g/mol. The summed E-state index contributed by atoms with van der Waals surface area (Å²) in [5.74, 6) is 2.95. The van der Waals surface area contributed by atoms with Gasteiger partial charge in [-0.15, -0.1) is 21.5 Å². The molecule has 0 unspecified atom stereocenters. The molecule has 3 nitrogen and oxygen atoms in total. The maximum atomic E-state index is 4.54. The molecule has 1 aliphatic rings. The Hall–Kier alpha value is -0.810. The minimum atomic E-state index is 0.605. The van der Waals surface area contributed by atoms with Gasteiger partial charge in [-0.05, 0) is 30.2 Å². The number of rotatable bonds is 6. The fourth-order valence-corrected chi connectivity index (χ4v) is 4.72. The van der Waals surface area contributed by atoms with Crippen molar-refractivity contribution in [1.29, 1.82) is 0 Å². The first-order valence-corrected chi connectivity index (χ1v) is 10.2. The highest BCUT2D eigenvalue weighted by Gasteiger charge is 2.23. The molecule has 1 aliphatic carbocycles. The van der Waals surface area contributed by atoms with Gasteiger partial charge >= 0.3 is 0 Å². The molecule has 0 aliphatic heterocycles. The maximum Gasteiger partial charge on any atom is 0.191 e. The van der Waals surface area contributed by atoms with Crippen LogP contribution in [-0.2, 0) is 6.42 Å². The zero-order chi connectivity index (χ0) is 15.4. The molecule has 3 rings (SSSR count). The molecule has 0 saturated heterocycles. The van der Waals surface area contributed by atoms with E-state index in [0.29, 0.717) is 12.0 Å². The van der Waals surface area contributed by atoms with Crippen molar-refractivity contribution in [2.24, 2.45) is 5.92 Å². The molecule has 0 N–H and O–H groups in total. The van der Waals surface area contributed by atoms with Crippen molar-refractivity contribution in [1.82, 2.24) is 14.8 Å². The molecule has 120 valence electrons. The zero-order valence-electron chi connectivity index (χ0n) is 13.5. The maximum absolute atomic E-state index is 4.54. The van der Waals surface area contributed by atoms with Crippen LogP contribution in [0.25, 0.3) is 0 Å². The first-order valence-electron chi connectivity index (χ1n) is 8.33. The third-order valence-electron chi connectivity index (χ3n) is 4.13. The Morgan fingerprint density at radius 1 is 1.27 bits per heavy atom. The van der Waals surface area contributed by atoms with E-state index in [4.69, 9.17) is 0 Å². The van der Waals surface area contributed by atoms with E-state index in [0.717, 1.165) is 23.2 Å². The molecule has 2 heterocycles. The quantitative estimate of drug-likeness (QED) is 0.681. The number of hydrogen-bond acceptors (Lipinski definition) is 4. The largest absolute Gasteiger partial charge is 0.303 e. The van der Waals surface area contributed by atoms with Crippen LogP contribution in [0, 0.1) is 5.92 Å². The lowest BCUT2D eigenvalue weighted by molar-refractivity contribution is 0.330. The van der Waals surface area contributed by atoms with Gasteiger partial charge in [-0.1, -0.05) is 50.9 Å². The van der Waals surface area contributed by atoms with E-state index >= 15 is 0 Å². The van der Waals surface area contributed by atoms with E-state index in [-0.39, 0.29) is 0 Å². The minimum absolute atomic E-state index is 0.605. The Morgan fingerprint density at radius 2 is 2.09 bits per heavy atom. The monoisotopic (exact) mass is 335 g/mol. The Kier molecular flexibility index (Phi) is 5.58. The van der Waals surface area contributed by atoms with Gasteiger partial charge in [0, 0.05) is 23.1 Å². The van der Waals surface area contributed by atoms with Crippen LogP contribution in [0.3, 0.4) is 0 Å². The molecule has 2 aromatic heterocycles. The van der Waals surface area contributed by atoms with Gasteiger partial charge in [-0.2, -0.15) is 0 Å². The van der Waals surface area contributed by atoms with Crippen LogP contribution in [0.15, 0.2) is 22.7 Å². The minimum Gasteiger partial charge on any atom is -0.303 e. The summed E-state index contributed by atoms with van der Waals surface area (Å²) in [6, 6.07) is 4.93. The number of thiophene rings is 1. The SMILES string of the molecule is CC(C)CSc1nnc(Cc2cccs2)n1C1CCCCC1. The van der Waals surface area contributed by atoms with Gasteiger partial charge in [0.1, 0.15) is 5.82 Å². The summed E-state index contributed by atoms with van der Waals surface area (Å²) in [4.78, 5) is 1.38. The molecular weight excluding hydrogens is 310 g/mol. The lowest BCUT2D eigenvalue weighted by atomic mass is 9.95. The summed E-state index contributed by atoms with van der Waals surface area (Å²) in [7, 11) is 0. The first-order chi connectivity index (χ1) is 10.7. The molecular formula is C17H25N3S2. The van der Waals surface area contributed by atoms with Crippen molar-refractivity contribution in [3.63, 3.8) is 0 Å². The Labute approximate surface area is 141 Å². The molecule has 0 bridgehead atoms. The van der Waals surface area contributed by atoms with Gasteiger partial charge in [0.15, 0.2) is 5.16 Å². The standard InChI is InChI=1S/C17H25N3S2/c1-13(2)12-22-17-19-18-16(11-15-9-6-10-21-15)20(17)14-7-4-3-5-8-14/h6,9-10,13-14H,3-5,7-8,11-12H2,1-2H3. The average Bonchev–Trinajstić information content (AvgIpc) is 3.16. The van der Waals surface area contributed by atoms with E-state index in [1.165, 1.54) is 37.0 Å². The van der Waals surface area contributed by atoms with Crippen molar-refractivity contribution in [2.75, 3.05) is 5.75 Å². The second-order valence-corrected chi connectivity index (χ2v) is 8.54. The summed E-state index contributed by atoms with van der Waals surface area (Å²) >= 11 is 3.69. The van der Waals surface area contributed by atoms with E-state index in [1.807, 2.05) is 23.1 Å². The summed E-state index contributed by atoms with van der Waals surface area (Å²) < 4.78 is 2.46. The van der Waals surface area contributed by atoms with Crippen molar-refractivity contribution in [3.05, 3.63) is 28.2 Å². The van der Waals surface area contributed by atoms with Gasteiger partial charge in [-0.25, -0.2) is 0 Å². The third-order valence-corrected chi connectivity index (χ3v) is 6.38. The van der Waals surface area contributed by atoms with Crippen LogP contribution in [0.5, 0.6) is 0 Å². The molecule has 2 aromatic rings. The zero-order valence-corrected chi connectivity index (χ0v) is 15.1. The number of aromatic nitrogens is 3. The van der Waals surface area contributed by atoms with Crippen LogP contribution < -0.4 is 0 Å². The second kappa shape index (κ2) is 7.64. The highest BCUT2D eigenvalue weighted by molar-refractivity contribution is 7.99. The molecule has 1 saturated carbocycles. The van der Waals surface area contributed by atoms with Crippen molar-refractivity contribution in [3.8, 4) is 0 Å². The van der Waals surface area contributed by atoms with Crippen molar-refractivity contribution < 1.29 is 0 Å². The molecule has 5 heteroatoms. The van der Waals surface area contributed by atoms with Crippen LogP contribution in [0.1, 0.15) is 62.7 Å². The molecule has 0 atom stereocenters. The number of hydrogen-bond donors (Lipinski definition) is 0. The third kappa shape index (κ3) is 3.93. The van der Waals surface area contributed by atoms with Gasteiger partial charge < -0.3 is 4.57 Å². The predicted octanol–water partition coefficient (Wildman–Crippen LogP) is 5.18. The molecule has 22 heavy (non-hydrogen) atoms. The number of nitrogens with zero attached hydrogens (tertiary/aromatic N) is 3. The van der Waals surface area contributed by atoms with E-state index in [9.17, 15) is 0 Å². The lowest BCUT2D eigenvalue weighted by Gasteiger charge is -2.25. The molecule has 0 radical (unpaired) electrons. The first kappa shape index (κ1) is 16.1. The fraction of sp³-hybridized carbons (Fsp3) is 0.647. The van der Waals surface area contributed by atoms with Crippen molar-refractivity contribution >= 4 is 23.1 Å². The summed E-state index contributed by atoms with van der Waals surface area (Å²) in [6.07, 6.45) is 7.55. The number of thioether (sulfide) groups is 1. The van der Waals surface area contributed by atoms with E-state index in [2.05, 4.69) is 46.1 Å². The summed E-state index contributed by atoms with van der Waals surface area (Å²) in [5.41, 5.74) is 0. The Morgan fingerprint density at radius 3 is 2.77 bits per heavy atom.